The predicted octanol–water partition coefficient (Wildman–Crippen LogP) is 3.42. The summed E-state index contributed by atoms with van der Waals surface area (Å²) >= 11 is 2.29. The monoisotopic (exact) mass is 622 g/mol. The molecule has 3 amide bonds. The highest BCUT2D eigenvalue weighted by Crippen LogP contribution is 2.54. The van der Waals surface area contributed by atoms with E-state index in [0.717, 1.165) is 40.6 Å². The molecular formula is C31H34N4O6S2. The summed E-state index contributed by atoms with van der Waals surface area (Å²) in [5.74, 6) is -1.38. The highest BCUT2D eigenvalue weighted by Gasteiger charge is 2.56. The Bertz CT molecular complexity index is 1570. The third-order valence-electron chi connectivity index (χ3n) is 8.42. The highest BCUT2D eigenvalue weighted by atomic mass is 32.2. The summed E-state index contributed by atoms with van der Waals surface area (Å²) in [4.78, 5) is 60.4. The zero-order chi connectivity index (χ0) is 30.2. The largest absolute Gasteiger partial charge is 0.497 e. The first-order chi connectivity index (χ1) is 20.9. The van der Waals surface area contributed by atoms with Crippen molar-refractivity contribution in [1.82, 2.24) is 9.47 Å². The van der Waals surface area contributed by atoms with Crippen molar-refractivity contribution in [3.05, 3.63) is 68.6 Å². The van der Waals surface area contributed by atoms with Crippen LogP contribution >= 0.6 is 23.1 Å². The van der Waals surface area contributed by atoms with Crippen LogP contribution in [-0.2, 0) is 25.7 Å². The van der Waals surface area contributed by atoms with Gasteiger partial charge in [-0.1, -0.05) is 35.2 Å². The number of nitrogens with zero attached hydrogens (tertiary/aromatic N) is 4. The van der Waals surface area contributed by atoms with Crippen LogP contribution in [-0.4, -0.2) is 78.9 Å². The first-order valence-corrected chi connectivity index (χ1v) is 16.2. The molecule has 0 bridgehead atoms. The summed E-state index contributed by atoms with van der Waals surface area (Å²) in [7, 11) is 1.56. The molecule has 0 saturated carbocycles. The second-order valence-corrected chi connectivity index (χ2v) is 12.8. The molecule has 2 unspecified atom stereocenters. The van der Waals surface area contributed by atoms with Crippen molar-refractivity contribution in [1.29, 1.82) is 0 Å². The quantitative estimate of drug-likeness (QED) is 0.353. The van der Waals surface area contributed by atoms with Gasteiger partial charge < -0.3 is 19.3 Å². The van der Waals surface area contributed by atoms with E-state index in [2.05, 4.69) is 18.7 Å². The Kier molecular flexibility index (Phi) is 8.34. The molecule has 1 aromatic heterocycles. The van der Waals surface area contributed by atoms with Crippen LogP contribution in [0.4, 0.5) is 11.4 Å². The lowest BCUT2D eigenvalue weighted by Crippen LogP contribution is -2.43. The lowest BCUT2D eigenvalue weighted by molar-refractivity contribution is -0.136. The average Bonchev–Trinajstić information content (AvgIpc) is 3.48. The van der Waals surface area contributed by atoms with Crippen LogP contribution < -0.4 is 19.4 Å². The van der Waals surface area contributed by atoms with E-state index in [1.54, 1.807) is 36.3 Å². The fourth-order valence-electron chi connectivity index (χ4n) is 6.13. The Labute approximate surface area is 258 Å². The second-order valence-electron chi connectivity index (χ2n) is 10.6. The van der Waals surface area contributed by atoms with Crippen molar-refractivity contribution in [3.8, 4) is 5.75 Å². The molecule has 0 spiro atoms. The van der Waals surface area contributed by atoms with Crippen LogP contribution in [0.25, 0.3) is 0 Å². The first-order valence-electron chi connectivity index (χ1n) is 14.5. The zero-order valence-electron chi connectivity index (χ0n) is 24.4. The summed E-state index contributed by atoms with van der Waals surface area (Å²) in [6.07, 6.45) is 0. The number of imide groups is 1. The number of methoxy groups -OCH3 is 1. The maximum Gasteiger partial charge on any atom is 0.308 e. The van der Waals surface area contributed by atoms with Gasteiger partial charge in [-0.25, -0.2) is 4.90 Å². The molecule has 4 heterocycles. The minimum absolute atomic E-state index is 0.118. The van der Waals surface area contributed by atoms with Gasteiger partial charge in [-0.3, -0.25) is 23.7 Å². The number of aromatic nitrogens is 1. The molecule has 43 heavy (non-hydrogen) atoms. The van der Waals surface area contributed by atoms with Gasteiger partial charge in [-0.05, 0) is 55.8 Å². The maximum absolute atomic E-state index is 14.1. The number of rotatable bonds is 8. The van der Waals surface area contributed by atoms with E-state index < -0.39 is 17.1 Å². The zero-order valence-corrected chi connectivity index (χ0v) is 26.0. The SMILES string of the molecule is CCN(CC)c1ccc([C@H]2c3sc(=O)n(CC(=O)N4CCOCC4)c3SC3C(=O)N(c4ccc(OC)cc4)C(=O)C32)cc1. The van der Waals surface area contributed by atoms with Crippen molar-refractivity contribution in [2.24, 2.45) is 5.92 Å². The van der Waals surface area contributed by atoms with E-state index in [9.17, 15) is 19.2 Å². The number of morpholine rings is 1. The summed E-state index contributed by atoms with van der Waals surface area (Å²) in [6.45, 7) is 7.67. The Morgan fingerprint density at radius 2 is 1.65 bits per heavy atom. The summed E-state index contributed by atoms with van der Waals surface area (Å²) in [5.41, 5.74) is 2.40. The number of anilines is 2. The molecule has 3 aliphatic heterocycles. The van der Waals surface area contributed by atoms with Gasteiger partial charge in [-0.15, -0.1) is 0 Å². The molecule has 3 aromatic rings. The van der Waals surface area contributed by atoms with Gasteiger partial charge in [-0.2, -0.15) is 0 Å². The molecule has 0 N–H and O–H groups in total. The molecule has 3 atom stereocenters. The summed E-state index contributed by atoms with van der Waals surface area (Å²) in [6, 6.07) is 14.9. The van der Waals surface area contributed by atoms with Gasteiger partial charge in [0.05, 0.1) is 37.0 Å². The smallest absolute Gasteiger partial charge is 0.308 e. The fraction of sp³-hybridized carbons (Fsp3) is 0.419. The fourth-order valence-corrected chi connectivity index (χ4v) is 8.90. The van der Waals surface area contributed by atoms with Gasteiger partial charge in [0.25, 0.3) is 0 Å². The number of amides is 3. The Morgan fingerprint density at radius 1 is 0.977 bits per heavy atom. The number of hydrogen-bond donors (Lipinski definition) is 0. The molecule has 2 saturated heterocycles. The predicted molar refractivity (Wildman–Crippen MR) is 166 cm³/mol. The van der Waals surface area contributed by atoms with Gasteiger partial charge in [0.15, 0.2) is 0 Å². The summed E-state index contributed by atoms with van der Waals surface area (Å²) < 4.78 is 12.1. The maximum atomic E-state index is 14.1. The van der Waals surface area contributed by atoms with Crippen molar-refractivity contribution >= 4 is 52.2 Å². The number of ether oxygens (including phenoxy) is 2. The molecule has 2 fully saturated rings. The van der Waals surface area contributed by atoms with Crippen molar-refractivity contribution in [3.63, 3.8) is 0 Å². The van der Waals surface area contributed by atoms with Crippen LogP contribution in [0.3, 0.4) is 0 Å². The molecule has 3 aliphatic rings. The van der Waals surface area contributed by atoms with Gasteiger partial charge in [0, 0.05) is 42.7 Å². The Hall–Kier alpha value is -3.61. The number of thioether (sulfide) groups is 1. The number of fused-ring (bicyclic) bond motifs is 2. The van der Waals surface area contributed by atoms with Crippen molar-refractivity contribution in [2.45, 2.75) is 36.6 Å². The first kappa shape index (κ1) is 29.5. The van der Waals surface area contributed by atoms with Crippen molar-refractivity contribution in [2.75, 3.05) is 56.3 Å². The minimum atomic E-state index is -0.742. The van der Waals surface area contributed by atoms with Gasteiger partial charge >= 0.3 is 4.87 Å². The topological polar surface area (TPSA) is 101 Å². The molecule has 0 radical (unpaired) electrons. The molecular weight excluding hydrogens is 588 g/mol. The molecule has 0 aliphatic carbocycles. The van der Waals surface area contributed by atoms with Gasteiger partial charge in [0.1, 0.15) is 17.5 Å². The lowest BCUT2D eigenvalue weighted by Gasteiger charge is -2.31. The van der Waals surface area contributed by atoms with Crippen LogP contribution in [0.15, 0.2) is 58.4 Å². The number of benzene rings is 2. The molecule has 10 nitrogen and oxygen atoms in total. The molecule has 226 valence electrons. The Balaban J connectivity index is 1.42. The van der Waals surface area contributed by atoms with E-state index in [4.69, 9.17) is 9.47 Å². The molecule has 6 rings (SSSR count). The number of carbonyl (C=O) groups excluding carboxylic acids is 3. The van der Waals surface area contributed by atoms with Crippen LogP contribution in [0, 0.1) is 5.92 Å². The van der Waals surface area contributed by atoms with Gasteiger partial charge in [0.2, 0.25) is 17.7 Å². The average molecular weight is 623 g/mol. The summed E-state index contributed by atoms with van der Waals surface area (Å²) in [5, 5.41) is -0.151. The molecule has 12 heteroatoms. The van der Waals surface area contributed by atoms with Crippen molar-refractivity contribution < 1.29 is 23.9 Å². The van der Waals surface area contributed by atoms with Crippen LogP contribution in [0.5, 0.6) is 5.75 Å². The number of hydrogen-bond acceptors (Lipinski definition) is 9. The van der Waals surface area contributed by atoms with E-state index >= 15 is 0 Å². The molecule has 2 aromatic carbocycles. The lowest BCUT2D eigenvalue weighted by atomic mass is 9.83. The van der Waals surface area contributed by atoms with E-state index in [1.165, 1.54) is 21.2 Å². The third-order valence-corrected chi connectivity index (χ3v) is 11.0. The van der Waals surface area contributed by atoms with E-state index in [0.29, 0.717) is 42.8 Å². The highest BCUT2D eigenvalue weighted by molar-refractivity contribution is 8.00. The standard InChI is InChI=1S/C31H34N4O6S2/c1-4-32(5-2)20-8-6-19(7-9-20)24-25-26(29(38)35(28(25)37)21-10-12-22(40-3)13-11-21)42-30-27(24)43-31(39)34(30)18-23(36)33-14-16-41-17-15-33/h6-13,24-26H,4-5,14-18H2,1-3H3/t24-,25?,26?/m1/s1. The normalized spacial score (nSPS) is 21.5. The second kappa shape index (κ2) is 12.2. The third kappa shape index (κ3) is 5.25. The van der Waals surface area contributed by atoms with E-state index in [1.807, 2.05) is 24.3 Å². The van der Waals surface area contributed by atoms with Crippen LogP contribution in [0.1, 0.15) is 30.2 Å². The number of thiazole rings is 1. The van der Waals surface area contributed by atoms with E-state index in [-0.39, 0.29) is 29.1 Å². The Morgan fingerprint density at radius 3 is 2.28 bits per heavy atom. The number of carbonyl (C=O) groups is 3. The van der Waals surface area contributed by atoms with Crippen LogP contribution in [0.2, 0.25) is 0 Å². The minimum Gasteiger partial charge on any atom is -0.497 e.